The predicted octanol–water partition coefficient (Wildman–Crippen LogP) is 1.14. The van der Waals surface area contributed by atoms with Gasteiger partial charge >= 0.3 is 22.4 Å². The summed E-state index contributed by atoms with van der Waals surface area (Å²) in [6.07, 6.45) is 0. The van der Waals surface area contributed by atoms with E-state index < -0.39 is 5.09 Å². The van der Waals surface area contributed by atoms with Gasteiger partial charge in [0.25, 0.3) is 5.09 Å². The molecule has 64 valence electrons. The molecule has 0 aliphatic heterocycles. The van der Waals surface area contributed by atoms with Gasteiger partial charge in [-0.3, -0.25) is 0 Å². The van der Waals surface area contributed by atoms with Crippen LogP contribution in [0.1, 0.15) is 0 Å². The standard InChI is InChI=1S/C6H5.Ag.HNO3/c1-2-4-6-5-3-1;;2-1(3)4/h1-5H;;(H,2,3,4)/q-1;+1;. The molecule has 11 heavy (non-hydrogen) atoms. The Morgan fingerprint density at radius 2 is 1.64 bits per heavy atom. The molecule has 0 aromatic heterocycles. The fourth-order valence-electron chi connectivity index (χ4n) is 0.342. The molecule has 0 bridgehead atoms. The Kier molecular flexibility index (Phi) is 10.7. The summed E-state index contributed by atoms with van der Waals surface area (Å²) in [5.74, 6) is 0. The Morgan fingerprint density at radius 1 is 1.27 bits per heavy atom. The molecule has 1 rings (SSSR count). The van der Waals surface area contributed by atoms with E-state index in [9.17, 15) is 0 Å². The minimum absolute atomic E-state index is 0. The second-order valence-corrected chi connectivity index (χ2v) is 1.32. The van der Waals surface area contributed by atoms with Crippen LogP contribution < -0.4 is 0 Å². The second kappa shape index (κ2) is 9.16. The van der Waals surface area contributed by atoms with E-state index in [4.69, 9.17) is 15.3 Å². The van der Waals surface area contributed by atoms with E-state index in [1.807, 2.05) is 30.3 Å². The van der Waals surface area contributed by atoms with E-state index in [2.05, 4.69) is 6.07 Å². The average molecular weight is 248 g/mol. The van der Waals surface area contributed by atoms with Gasteiger partial charge in [0.05, 0.1) is 0 Å². The van der Waals surface area contributed by atoms with Gasteiger partial charge in [-0.1, -0.05) is 0 Å². The normalized spacial score (nSPS) is 6.55. The molecule has 0 radical (unpaired) electrons. The van der Waals surface area contributed by atoms with Crippen LogP contribution in [0.2, 0.25) is 0 Å². The summed E-state index contributed by atoms with van der Waals surface area (Å²) in [6.45, 7) is 0. The summed E-state index contributed by atoms with van der Waals surface area (Å²) < 4.78 is 0. The van der Waals surface area contributed by atoms with Crippen molar-refractivity contribution in [1.29, 1.82) is 0 Å². The van der Waals surface area contributed by atoms with Gasteiger partial charge < -0.3 is 5.21 Å². The Balaban J connectivity index is 0. The van der Waals surface area contributed by atoms with Crippen molar-refractivity contribution >= 4 is 0 Å². The SMILES string of the molecule is O=[N+]([O-])O.[Ag+].[c-]1ccccc1. The largest absolute Gasteiger partial charge is 1.00 e. The molecule has 0 aliphatic carbocycles. The summed E-state index contributed by atoms with van der Waals surface area (Å²) in [6, 6.07) is 12.5. The van der Waals surface area contributed by atoms with Crippen molar-refractivity contribution in [1.82, 2.24) is 0 Å². The topological polar surface area (TPSA) is 63.4 Å². The molecule has 0 saturated carbocycles. The first-order chi connectivity index (χ1) is 4.73. The molecule has 0 aliphatic rings. The number of benzene rings is 1. The number of rotatable bonds is 0. The Bertz CT molecular complexity index is 150. The smallest absolute Gasteiger partial charge is 0.328 e. The summed E-state index contributed by atoms with van der Waals surface area (Å²) >= 11 is 0. The monoisotopic (exact) mass is 247 g/mol. The Labute approximate surface area is 79.5 Å². The molecular formula is C6H6AgNO3. The maximum atomic E-state index is 8.36. The quantitative estimate of drug-likeness (QED) is 0.324. The van der Waals surface area contributed by atoms with E-state index in [1.165, 1.54) is 0 Å². The van der Waals surface area contributed by atoms with Crippen LogP contribution >= 0.6 is 0 Å². The Hall–Kier alpha value is -0.840. The molecule has 1 aromatic rings. The van der Waals surface area contributed by atoms with E-state index >= 15 is 0 Å². The van der Waals surface area contributed by atoms with Crippen LogP contribution in [0.4, 0.5) is 0 Å². The zero-order valence-electron chi connectivity index (χ0n) is 5.40. The molecule has 0 heterocycles. The first kappa shape index (κ1) is 12.8. The summed E-state index contributed by atoms with van der Waals surface area (Å²) in [5.41, 5.74) is 0. The molecule has 1 aromatic carbocycles. The molecule has 0 saturated heterocycles. The van der Waals surface area contributed by atoms with Gasteiger partial charge in [0.15, 0.2) is 0 Å². The molecule has 0 spiro atoms. The van der Waals surface area contributed by atoms with Crippen molar-refractivity contribution in [2.24, 2.45) is 0 Å². The molecule has 0 atom stereocenters. The fourth-order valence-corrected chi connectivity index (χ4v) is 0.342. The van der Waals surface area contributed by atoms with Gasteiger partial charge in [0.2, 0.25) is 0 Å². The van der Waals surface area contributed by atoms with Crippen LogP contribution in [0.5, 0.6) is 0 Å². The van der Waals surface area contributed by atoms with E-state index in [0.717, 1.165) is 0 Å². The summed E-state index contributed by atoms with van der Waals surface area (Å²) in [7, 11) is 0. The molecule has 5 heteroatoms. The molecule has 0 unspecified atom stereocenters. The van der Waals surface area contributed by atoms with Crippen LogP contribution in [0.15, 0.2) is 30.3 Å². The fraction of sp³-hybridized carbons (Fsp3) is 0. The zero-order chi connectivity index (χ0) is 7.82. The number of hydrogen-bond acceptors (Lipinski definition) is 2. The third-order valence-corrected chi connectivity index (χ3v) is 0.607. The van der Waals surface area contributed by atoms with Crippen molar-refractivity contribution in [3.05, 3.63) is 46.5 Å². The predicted molar refractivity (Wildman–Crippen MR) is 34.1 cm³/mol. The molecule has 0 amide bonds. The van der Waals surface area contributed by atoms with Crippen molar-refractivity contribution in [3.8, 4) is 0 Å². The van der Waals surface area contributed by atoms with Gasteiger partial charge in [-0.2, -0.15) is 36.4 Å². The van der Waals surface area contributed by atoms with Gasteiger partial charge in [-0.05, 0) is 0 Å². The van der Waals surface area contributed by atoms with Gasteiger partial charge in [0.1, 0.15) is 0 Å². The average Bonchev–Trinajstić information content (AvgIpc) is 1.90. The maximum absolute atomic E-state index is 8.36. The van der Waals surface area contributed by atoms with E-state index in [-0.39, 0.29) is 22.4 Å². The molecular weight excluding hydrogens is 242 g/mol. The van der Waals surface area contributed by atoms with Crippen LogP contribution in [0.3, 0.4) is 0 Å². The van der Waals surface area contributed by atoms with Crippen molar-refractivity contribution in [3.63, 3.8) is 0 Å². The van der Waals surface area contributed by atoms with Crippen LogP contribution in [-0.4, -0.2) is 10.3 Å². The van der Waals surface area contributed by atoms with E-state index in [1.54, 1.807) is 0 Å². The van der Waals surface area contributed by atoms with Gasteiger partial charge in [0, 0.05) is 0 Å². The van der Waals surface area contributed by atoms with Crippen LogP contribution in [-0.2, 0) is 22.4 Å². The second-order valence-electron chi connectivity index (χ2n) is 1.32. The number of hydrogen-bond donors (Lipinski definition) is 1. The van der Waals surface area contributed by atoms with Crippen molar-refractivity contribution in [2.75, 3.05) is 0 Å². The van der Waals surface area contributed by atoms with Crippen molar-refractivity contribution in [2.45, 2.75) is 0 Å². The first-order valence-electron chi connectivity index (χ1n) is 2.48. The van der Waals surface area contributed by atoms with E-state index in [0.29, 0.717) is 0 Å². The molecule has 4 nitrogen and oxygen atoms in total. The van der Waals surface area contributed by atoms with Crippen LogP contribution in [0.25, 0.3) is 0 Å². The van der Waals surface area contributed by atoms with Crippen LogP contribution in [0, 0.1) is 16.2 Å². The minimum Gasteiger partial charge on any atom is -0.328 e. The summed E-state index contributed by atoms with van der Waals surface area (Å²) in [4.78, 5) is 8.36. The van der Waals surface area contributed by atoms with Gasteiger partial charge in [-0.15, -0.1) is 10.1 Å². The van der Waals surface area contributed by atoms with Crippen molar-refractivity contribution < 1.29 is 32.7 Å². The maximum Gasteiger partial charge on any atom is 1.00 e. The van der Waals surface area contributed by atoms with Gasteiger partial charge in [-0.25, -0.2) is 0 Å². The third kappa shape index (κ3) is 17.6. The third-order valence-electron chi connectivity index (χ3n) is 0.607. The first-order valence-corrected chi connectivity index (χ1v) is 2.48. The molecule has 0 fully saturated rings. The Morgan fingerprint density at radius 3 is 1.73 bits per heavy atom. The molecule has 1 N–H and O–H groups in total. The zero-order valence-corrected chi connectivity index (χ0v) is 6.88. The number of nitrogens with zero attached hydrogens (tertiary/aromatic N) is 1. The minimum atomic E-state index is -1.50. The summed E-state index contributed by atoms with van der Waals surface area (Å²) in [5, 5.41) is 13.6.